The Hall–Kier alpha value is -2.17. The molecule has 0 amide bonds. The summed E-state index contributed by atoms with van der Waals surface area (Å²) >= 11 is 6.04. The molecule has 2 aromatic carbocycles. The Morgan fingerprint density at radius 1 is 1.08 bits per heavy atom. The largest absolute Gasteiger partial charge is 0.368 e. The number of fused-ring (bicyclic) bond motifs is 1. The lowest BCUT2D eigenvalue weighted by atomic mass is 10.1. The predicted molar refractivity (Wildman–Crippen MR) is 101 cm³/mol. The molecule has 0 aliphatic heterocycles. The van der Waals surface area contributed by atoms with Gasteiger partial charge in [-0.1, -0.05) is 41.9 Å². The van der Waals surface area contributed by atoms with E-state index in [9.17, 15) is 0 Å². The van der Waals surface area contributed by atoms with E-state index in [2.05, 4.69) is 58.5 Å². The minimum absolute atomic E-state index is 0.365. The number of rotatable bonds is 6. The fraction of sp³-hybridized carbons (Fsp3) is 0.263. The third kappa shape index (κ3) is 4.02. The lowest BCUT2D eigenvalue weighted by Gasteiger charge is -2.25. The average molecular weight is 341 g/mol. The van der Waals surface area contributed by atoms with E-state index in [-0.39, 0.29) is 0 Å². The van der Waals surface area contributed by atoms with Crippen molar-refractivity contribution in [2.24, 2.45) is 0 Å². The maximum Gasteiger partial charge on any atom is 0.137 e. The molecule has 5 heteroatoms. The van der Waals surface area contributed by atoms with Crippen LogP contribution in [0.15, 0.2) is 54.9 Å². The number of nitrogens with zero attached hydrogens (tertiary/aromatic N) is 3. The molecular weight excluding hydrogens is 320 g/mol. The topological polar surface area (TPSA) is 41.0 Å². The summed E-state index contributed by atoms with van der Waals surface area (Å²) in [5.74, 6) is 0.844. The minimum Gasteiger partial charge on any atom is -0.368 e. The van der Waals surface area contributed by atoms with Crippen LogP contribution >= 0.6 is 11.6 Å². The molecule has 0 fully saturated rings. The van der Waals surface area contributed by atoms with Crippen LogP contribution in [0.2, 0.25) is 5.02 Å². The molecule has 24 heavy (non-hydrogen) atoms. The first-order valence-electron chi connectivity index (χ1n) is 7.98. The van der Waals surface area contributed by atoms with Gasteiger partial charge in [-0.2, -0.15) is 0 Å². The average Bonchev–Trinajstić information content (AvgIpc) is 2.59. The highest BCUT2D eigenvalue weighted by Crippen LogP contribution is 2.22. The molecule has 1 N–H and O–H groups in total. The summed E-state index contributed by atoms with van der Waals surface area (Å²) < 4.78 is 0. The number of nitrogens with one attached hydrogen (secondary N) is 1. The molecular formula is C19H21ClN4. The third-order valence-corrected chi connectivity index (χ3v) is 4.38. The number of hydrogen-bond acceptors (Lipinski definition) is 4. The molecule has 124 valence electrons. The van der Waals surface area contributed by atoms with Gasteiger partial charge in [0.05, 0.1) is 5.52 Å². The first kappa shape index (κ1) is 16.7. The Kier molecular flexibility index (Phi) is 5.28. The number of aromatic nitrogens is 2. The van der Waals surface area contributed by atoms with Crippen molar-refractivity contribution in [2.45, 2.75) is 12.5 Å². The molecule has 0 saturated heterocycles. The van der Waals surface area contributed by atoms with Crippen molar-refractivity contribution in [1.82, 2.24) is 14.9 Å². The summed E-state index contributed by atoms with van der Waals surface area (Å²) in [7, 11) is 4.21. The van der Waals surface area contributed by atoms with Crippen LogP contribution in [0.4, 0.5) is 5.82 Å². The van der Waals surface area contributed by atoms with Crippen molar-refractivity contribution in [3.8, 4) is 0 Å². The lowest BCUT2D eigenvalue weighted by molar-refractivity contribution is 0.303. The van der Waals surface area contributed by atoms with E-state index in [1.807, 2.05) is 24.3 Å². The molecule has 0 spiro atoms. The molecule has 0 radical (unpaired) electrons. The number of anilines is 1. The van der Waals surface area contributed by atoms with Crippen molar-refractivity contribution in [1.29, 1.82) is 0 Å². The molecule has 1 heterocycles. The molecule has 0 bridgehead atoms. The Morgan fingerprint density at radius 2 is 1.88 bits per heavy atom. The highest BCUT2D eigenvalue weighted by molar-refractivity contribution is 6.31. The summed E-state index contributed by atoms with van der Waals surface area (Å²) in [6, 6.07) is 16.6. The van der Waals surface area contributed by atoms with Gasteiger partial charge < -0.3 is 10.2 Å². The maximum atomic E-state index is 6.04. The van der Waals surface area contributed by atoms with Crippen LogP contribution in [-0.2, 0) is 6.42 Å². The number of hydrogen-bond donors (Lipinski definition) is 1. The molecule has 4 nitrogen and oxygen atoms in total. The zero-order valence-electron chi connectivity index (χ0n) is 13.9. The van der Waals surface area contributed by atoms with Crippen molar-refractivity contribution >= 4 is 28.3 Å². The zero-order chi connectivity index (χ0) is 16.9. The van der Waals surface area contributed by atoms with Crippen LogP contribution in [0.3, 0.4) is 0 Å². The molecule has 0 aliphatic carbocycles. The smallest absolute Gasteiger partial charge is 0.137 e. The van der Waals surface area contributed by atoms with E-state index in [4.69, 9.17) is 11.6 Å². The van der Waals surface area contributed by atoms with Crippen LogP contribution in [0.5, 0.6) is 0 Å². The molecule has 1 atom stereocenters. The highest BCUT2D eigenvalue weighted by Gasteiger charge is 2.13. The van der Waals surface area contributed by atoms with Crippen molar-refractivity contribution in [3.63, 3.8) is 0 Å². The van der Waals surface area contributed by atoms with E-state index in [0.29, 0.717) is 11.1 Å². The van der Waals surface area contributed by atoms with Gasteiger partial charge in [-0.3, -0.25) is 0 Å². The van der Waals surface area contributed by atoms with E-state index >= 15 is 0 Å². The number of benzene rings is 2. The summed E-state index contributed by atoms with van der Waals surface area (Å²) in [5.41, 5.74) is 2.18. The Labute approximate surface area is 147 Å². The Morgan fingerprint density at radius 3 is 2.62 bits per heavy atom. The number of halogens is 1. The van der Waals surface area contributed by atoms with Crippen molar-refractivity contribution in [2.75, 3.05) is 26.0 Å². The van der Waals surface area contributed by atoms with E-state index in [1.165, 1.54) is 5.56 Å². The van der Waals surface area contributed by atoms with E-state index < -0.39 is 0 Å². The summed E-state index contributed by atoms with van der Waals surface area (Å²) in [4.78, 5) is 10.9. The van der Waals surface area contributed by atoms with Gasteiger partial charge in [0.15, 0.2) is 0 Å². The fourth-order valence-electron chi connectivity index (χ4n) is 2.71. The van der Waals surface area contributed by atoms with E-state index in [1.54, 1.807) is 6.33 Å². The van der Waals surface area contributed by atoms with Gasteiger partial charge in [-0.15, -0.1) is 0 Å². The van der Waals surface area contributed by atoms with Gasteiger partial charge in [0.25, 0.3) is 0 Å². The summed E-state index contributed by atoms with van der Waals surface area (Å²) in [6.07, 6.45) is 2.55. The molecule has 1 aromatic heterocycles. The first-order chi connectivity index (χ1) is 11.6. The van der Waals surface area contributed by atoms with Gasteiger partial charge in [-0.25, -0.2) is 9.97 Å². The predicted octanol–water partition coefficient (Wildman–Crippen LogP) is 3.87. The quantitative estimate of drug-likeness (QED) is 0.739. The van der Waals surface area contributed by atoms with Gasteiger partial charge in [0, 0.05) is 23.0 Å². The minimum atomic E-state index is 0.365. The summed E-state index contributed by atoms with van der Waals surface area (Å²) in [5, 5.41) is 5.14. The van der Waals surface area contributed by atoms with Crippen LogP contribution < -0.4 is 5.32 Å². The molecule has 0 aliphatic rings. The molecule has 0 saturated carbocycles. The second-order valence-corrected chi connectivity index (χ2v) is 6.51. The lowest BCUT2D eigenvalue weighted by Crippen LogP contribution is -2.36. The SMILES string of the molecule is CN(C)[C@H](CNc1ncnc2cc(Cl)ccc12)Cc1ccccc1. The Bertz CT molecular complexity index is 805. The van der Waals surface area contributed by atoms with Crippen LogP contribution in [0.25, 0.3) is 10.9 Å². The second kappa shape index (κ2) is 7.60. The van der Waals surface area contributed by atoms with Gasteiger partial charge in [0.2, 0.25) is 0 Å². The fourth-order valence-corrected chi connectivity index (χ4v) is 2.88. The van der Waals surface area contributed by atoms with Crippen molar-refractivity contribution in [3.05, 3.63) is 65.4 Å². The number of likely N-dealkylation sites (N-methyl/N-ethyl adjacent to an activating group) is 1. The Balaban J connectivity index is 1.75. The van der Waals surface area contributed by atoms with Crippen LogP contribution in [0, 0.1) is 0 Å². The third-order valence-electron chi connectivity index (χ3n) is 4.15. The van der Waals surface area contributed by atoms with E-state index in [0.717, 1.165) is 29.7 Å². The molecule has 3 aromatic rings. The maximum absolute atomic E-state index is 6.04. The highest BCUT2D eigenvalue weighted by atomic mass is 35.5. The molecule has 3 rings (SSSR count). The zero-order valence-corrected chi connectivity index (χ0v) is 14.7. The van der Waals surface area contributed by atoms with Crippen molar-refractivity contribution < 1.29 is 0 Å². The van der Waals surface area contributed by atoms with Gasteiger partial charge >= 0.3 is 0 Å². The normalized spacial score (nSPS) is 12.5. The molecule has 0 unspecified atom stereocenters. The second-order valence-electron chi connectivity index (χ2n) is 6.07. The van der Waals surface area contributed by atoms with Gasteiger partial charge in [-0.05, 0) is 44.3 Å². The standard InChI is InChI=1S/C19H21ClN4/c1-24(2)16(10-14-6-4-3-5-7-14)12-21-19-17-9-8-15(20)11-18(17)22-13-23-19/h3-9,11,13,16H,10,12H2,1-2H3,(H,21,22,23)/t16-/m0/s1. The first-order valence-corrected chi connectivity index (χ1v) is 8.36. The summed E-state index contributed by atoms with van der Waals surface area (Å²) in [6.45, 7) is 0.802. The van der Waals surface area contributed by atoms with Crippen LogP contribution in [-0.4, -0.2) is 41.5 Å². The van der Waals surface area contributed by atoms with Crippen LogP contribution in [0.1, 0.15) is 5.56 Å². The monoisotopic (exact) mass is 340 g/mol. The van der Waals surface area contributed by atoms with Gasteiger partial charge in [0.1, 0.15) is 12.1 Å².